The smallest absolute Gasteiger partial charge is 0.0817 e. The van der Waals surface area contributed by atoms with Crippen molar-refractivity contribution in [1.82, 2.24) is 0 Å². The standard InChI is InChI=1S/C15H16S3/c16-15(17)18(11-13-7-3-1-4-8-13)12-14-9-5-2-6-10-14/h1-10,18H,11-12H2,(H,16,17). The monoisotopic (exact) mass is 292 g/mol. The molecule has 0 spiro atoms. The minimum Gasteiger partial charge on any atom is -0.203 e. The third-order valence-corrected chi connectivity index (χ3v) is 6.36. The Balaban J connectivity index is 2.08. The molecule has 3 heteroatoms. The molecule has 0 aromatic heterocycles. The highest BCUT2D eigenvalue weighted by Crippen LogP contribution is 2.37. The van der Waals surface area contributed by atoms with Crippen LogP contribution in [-0.4, -0.2) is 3.53 Å². The van der Waals surface area contributed by atoms with E-state index in [0.717, 1.165) is 15.0 Å². The molecule has 0 aliphatic carbocycles. The largest absolute Gasteiger partial charge is 0.203 e. The second-order valence-corrected chi connectivity index (χ2v) is 8.08. The van der Waals surface area contributed by atoms with Crippen LogP contribution in [0.5, 0.6) is 0 Å². The minimum atomic E-state index is -0.377. The molecule has 0 radical (unpaired) electrons. The lowest BCUT2D eigenvalue weighted by molar-refractivity contribution is 1.36. The lowest BCUT2D eigenvalue weighted by Gasteiger charge is -2.20. The summed E-state index contributed by atoms with van der Waals surface area (Å²) < 4.78 is 0.859. The number of thiol groups is 2. The van der Waals surface area contributed by atoms with Crippen LogP contribution >= 0.6 is 35.7 Å². The molecule has 0 heterocycles. The molecule has 0 fully saturated rings. The van der Waals surface area contributed by atoms with E-state index in [1.165, 1.54) is 11.1 Å². The van der Waals surface area contributed by atoms with Gasteiger partial charge in [0.05, 0.1) is 3.53 Å². The second-order valence-electron chi connectivity index (χ2n) is 4.11. The molecule has 0 atom stereocenters. The molecule has 0 unspecified atom stereocenters. The maximum absolute atomic E-state index is 5.31. The third kappa shape index (κ3) is 4.16. The van der Waals surface area contributed by atoms with Gasteiger partial charge in [-0.1, -0.05) is 72.9 Å². The van der Waals surface area contributed by atoms with Gasteiger partial charge in [-0.3, -0.25) is 0 Å². The van der Waals surface area contributed by atoms with Crippen LogP contribution in [-0.2, 0) is 11.5 Å². The fraction of sp³-hybridized carbons (Fsp3) is 0.133. The molecule has 0 aliphatic rings. The first-order valence-corrected chi connectivity index (χ1v) is 8.38. The third-order valence-electron chi connectivity index (χ3n) is 2.70. The Kier molecular flexibility index (Phi) is 5.29. The summed E-state index contributed by atoms with van der Waals surface area (Å²) in [5.74, 6) is 2.04. The van der Waals surface area contributed by atoms with Crippen LogP contribution < -0.4 is 0 Å². The van der Waals surface area contributed by atoms with E-state index in [2.05, 4.69) is 61.2 Å². The maximum atomic E-state index is 5.31. The topological polar surface area (TPSA) is 0 Å². The average molecular weight is 292 g/mol. The van der Waals surface area contributed by atoms with E-state index < -0.39 is 0 Å². The van der Waals surface area contributed by atoms with Crippen LogP contribution in [0.3, 0.4) is 0 Å². The van der Waals surface area contributed by atoms with Gasteiger partial charge in [0.1, 0.15) is 0 Å². The average Bonchev–Trinajstić information content (AvgIpc) is 2.40. The fourth-order valence-electron chi connectivity index (χ4n) is 1.80. The van der Waals surface area contributed by atoms with Crippen LogP contribution in [0.2, 0.25) is 0 Å². The summed E-state index contributed by atoms with van der Waals surface area (Å²) in [5.41, 5.74) is 2.69. The van der Waals surface area contributed by atoms with E-state index in [9.17, 15) is 0 Å². The molecule has 94 valence electrons. The van der Waals surface area contributed by atoms with E-state index >= 15 is 0 Å². The van der Waals surface area contributed by atoms with Gasteiger partial charge in [-0.2, -0.15) is 0 Å². The summed E-state index contributed by atoms with van der Waals surface area (Å²) in [6.07, 6.45) is 0. The van der Waals surface area contributed by atoms with Crippen molar-refractivity contribution in [1.29, 1.82) is 0 Å². The van der Waals surface area contributed by atoms with Gasteiger partial charge < -0.3 is 0 Å². The summed E-state index contributed by atoms with van der Waals surface area (Å²) >= 11 is 9.72. The Hall–Kier alpha value is -0.770. The van der Waals surface area contributed by atoms with Crippen molar-refractivity contribution in [3.05, 3.63) is 71.8 Å². The lowest BCUT2D eigenvalue weighted by atomic mass is 10.2. The number of benzene rings is 2. The summed E-state index contributed by atoms with van der Waals surface area (Å²) in [6.45, 7) is 0. The Morgan fingerprint density at radius 2 is 1.22 bits per heavy atom. The molecule has 0 aliphatic heterocycles. The first-order valence-electron chi connectivity index (χ1n) is 5.81. The van der Waals surface area contributed by atoms with Gasteiger partial charge >= 0.3 is 0 Å². The maximum Gasteiger partial charge on any atom is 0.0817 e. The Labute approximate surface area is 122 Å². The van der Waals surface area contributed by atoms with Crippen molar-refractivity contribution in [2.24, 2.45) is 0 Å². The summed E-state index contributed by atoms with van der Waals surface area (Å²) in [7, 11) is -0.377. The van der Waals surface area contributed by atoms with E-state index in [4.69, 9.17) is 12.2 Å². The summed E-state index contributed by atoms with van der Waals surface area (Å²) in [5, 5.41) is 0. The summed E-state index contributed by atoms with van der Waals surface area (Å²) in [4.78, 5) is 0. The molecule has 0 bridgehead atoms. The highest BCUT2D eigenvalue weighted by Gasteiger charge is 2.09. The molecule has 0 N–H and O–H groups in total. The van der Waals surface area contributed by atoms with Crippen molar-refractivity contribution < 1.29 is 0 Å². The number of thiocarbonyl (C=S) groups is 1. The van der Waals surface area contributed by atoms with E-state index in [-0.39, 0.29) is 10.9 Å². The van der Waals surface area contributed by atoms with Crippen molar-refractivity contribution in [2.45, 2.75) is 11.5 Å². The van der Waals surface area contributed by atoms with Crippen molar-refractivity contribution in [2.75, 3.05) is 0 Å². The zero-order valence-corrected chi connectivity index (χ0v) is 12.6. The molecular formula is C15H16S3. The van der Waals surface area contributed by atoms with Gasteiger partial charge in [0, 0.05) is 11.5 Å². The van der Waals surface area contributed by atoms with Gasteiger partial charge in [-0.25, -0.2) is 10.9 Å². The van der Waals surface area contributed by atoms with Gasteiger partial charge in [-0.15, -0.1) is 12.6 Å². The van der Waals surface area contributed by atoms with Crippen LogP contribution in [0.1, 0.15) is 11.1 Å². The predicted molar refractivity (Wildman–Crippen MR) is 90.9 cm³/mol. The van der Waals surface area contributed by atoms with Crippen molar-refractivity contribution >= 4 is 39.3 Å². The highest BCUT2D eigenvalue weighted by atomic mass is 32.3. The molecular weight excluding hydrogens is 276 g/mol. The number of rotatable bonds is 4. The van der Waals surface area contributed by atoms with Crippen molar-refractivity contribution in [3.63, 3.8) is 0 Å². The quantitative estimate of drug-likeness (QED) is 0.613. The molecule has 0 saturated carbocycles. The fourth-order valence-corrected chi connectivity index (χ4v) is 4.30. The van der Waals surface area contributed by atoms with E-state index in [1.54, 1.807) is 0 Å². The van der Waals surface area contributed by atoms with Gasteiger partial charge in [-0.05, 0) is 11.1 Å². The van der Waals surface area contributed by atoms with Gasteiger partial charge in [0.15, 0.2) is 0 Å². The normalized spacial score (nSPS) is 11.1. The van der Waals surface area contributed by atoms with E-state index in [0.29, 0.717) is 0 Å². The first-order chi connectivity index (χ1) is 8.75. The zero-order chi connectivity index (χ0) is 12.8. The molecule has 0 nitrogen and oxygen atoms in total. The molecule has 2 rings (SSSR count). The van der Waals surface area contributed by atoms with Gasteiger partial charge in [0.25, 0.3) is 0 Å². The predicted octanol–water partition coefficient (Wildman–Crippen LogP) is 4.60. The molecule has 0 amide bonds. The number of hydrogen-bond donors (Lipinski definition) is 2. The molecule has 0 saturated heterocycles. The number of hydrogen-bond acceptors (Lipinski definition) is 1. The minimum absolute atomic E-state index is 0.377. The first kappa shape index (κ1) is 13.7. The van der Waals surface area contributed by atoms with Crippen LogP contribution in [0.25, 0.3) is 0 Å². The SMILES string of the molecule is S=C(S)[SH](Cc1ccccc1)Cc1ccccc1. The van der Waals surface area contributed by atoms with E-state index in [1.807, 2.05) is 12.1 Å². The molecule has 2 aromatic rings. The Morgan fingerprint density at radius 1 is 0.833 bits per heavy atom. The van der Waals surface area contributed by atoms with Crippen LogP contribution in [0, 0.1) is 0 Å². The van der Waals surface area contributed by atoms with Crippen LogP contribution in [0.15, 0.2) is 60.7 Å². The molecule has 18 heavy (non-hydrogen) atoms. The molecule has 2 aromatic carbocycles. The highest BCUT2D eigenvalue weighted by molar-refractivity contribution is 8.49. The Morgan fingerprint density at radius 3 is 1.56 bits per heavy atom. The summed E-state index contributed by atoms with van der Waals surface area (Å²) in [6, 6.07) is 21.0. The van der Waals surface area contributed by atoms with Crippen LogP contribution in [0.4, 0.5) is 0 Å². The lowest BCUT2D eigenvalue weighted by Crippen LogP contribution is -1.97. The second kappa shape index (κ2) is 6.98. The van der Waals surface area contributed by atoms with Crippen molar-refractivity contribution in [3.8, 4) is 0 Å². The Bertz CT molecular complexity index is 452. The van der Waals surface area contributed by atoms with Gasteiger partial charge in [0.2, 0.25) is 0 Å². The zero-order valence-electron chi connectivity index (χ0n) is 9.99.